The van der Waals surface area contributed by atoms with E-state index in [2.05, 4.69) is 20.3 Å². The molecule has 2 heterocycles. The summed E-state index contributed by atoms with van der Waals surface area (Å²) in [5.41, 5.74) is -0.358. The van der Waals surface area contributed by atoms with Crippen LogP contribution in [0.1, 0.15) is 29.7 Å². The van der Waals surface area contributed by atoms with Crippen LogP contribution < -0.4 is 20.3 Å². The van der Waals surface area contributed by atoms with Gasteiger partial charge >= 0.3 is 12.2 Å². The van der Waals surface area contributed by atoms with Crippen LogP contribution in [0.2, 0.25) is 0 Å². The van der Waals surface area contributed by atoms with Crippen molar-refractivity contribution in [1.82, 2.24) is 15.0 Å². The third kappa shape index (κ3) is 7.02. The molecule has 3 N–H and O–H groups in total. The highest BCUT2D eigenvalue weighted by atomic mass is 32.2. The largest absolute Gasteiger partial charge is 0.433 e. The Hall–Kier alpha value is -2.93. The Bertz CT molecular complexity index is 1120. The van der Waals surface area contributed by atoms with Gasteiger partial charge in [-0.2, -0.15) is 13.2 Å². The zero-order valence-corrected chi connectivity index (χ0v) is 18.5. The van der Waals surface area contributed by atoms with E-state index in [9.17, 15) is 30.8 Å². The highest BCUT2D eigenvalue weighted by molar-refractivity contribution is 7.88. The summed E-state index contributed by atoms with van der Waals surface area (Å²) in [6.45, 7) is 0.833. The summed E-state index contributed by atoms with van der Waals surface area (Å²) in [4.78, 5) is 17.8. The van der Waals surface area contributed by atoms with E-state index in [1.54, 1.807) is 4.90 Å². The van der Waals surface area contributed by atoms with Crippen molar-refractivity contribution in [2.24, 2.45) is 0 Å². The maximum absolute atomic E-state index is 14.2. The van der Waals surface area contributed by atoms with Gasteiger partial charge in [-0.25, -0.2) is 27.3 Å². The Kier molecular flexibility index (Phi) is 7.42. The number of alkyl halides is 3. The lowest BCUT2D eigenvalue weighted by atomic mass is 10.2. The van der Waals surface area contributed by atoms with Gasteiger partial charge < -0.3 is 15.5 Å². The van der Waals surface area contributed by atoms with Gasteiger partial charge in [0, 0.05) is 43.0 Å². The number of carbonyl (C=O) groups is 1. The number of sulfonamides is 1. The first-order valence-electron chi connectivity index (χ1n) is 10.0. The van der Waals surface area contributed by atoms with Gasteiger partial charge in [0.1, 0.15) is 17.3 Å². The minimum absolute atomic E-state index is 0.0817. The summed E-state index contributed by atoms with van der Waals surface area (Å²) in [6.07, 6.45) is -1.95. The van der Waals surface area contributed by atoms with Gasteiger partial charge in [0.15, 0.2) is 0 Å². The molecule has 1 saturated heterocycles. The van der Waals surface area contributed by atoms with Crippen molar-refractivity contribution in [3.05, 3.63) is 53.0 Å². The average Bonchev–Trinajstić information content (AvgIpc) is 3.25. The van der Waals surface area contributed by atoms with Crippen LogP contribution in [-0.4, -0.2) is 38.8 Å². The molecule has 1 aromatic carbocycles. The van der Waals surface area contributed by atoms with E-state index >= 15 is 0 Å². The van der Waals surface area contributed by atoms with Crippen molar-refractivity contribution in [2.45, 2.75) is 32.1 Å². The molecule has 1 fully saturated rings. The summed E-state index contributed by atoms with van der Waals surface area (Å²) in [5.74, 6) is -0.538. The molecule has 1 aromatic heterocycles. The minimum Gasteiger partial charge on any atom is -0.356 e. The fourth-order valence-corrected chi connectivity index (χ4v) is 3.72. The van der Waals surface area contributed by atoms with Gasteiger partial charge in [0.25, 0.3) is 0 Å². The number of benzene rings is 1. The van der Waals surface area contributed by atoms with Gasteiger partial charge in [0.2, 0.25) is 10.0 Å². The molecule has 180 valence electrons. The summed E-state index contributed by atoms with van der Waals surface area (Å²) in [7, 11) is -3.49. The van der Waals surface area contributed by atoms with Gasteiger partial charge in [-0.05, 0) is 31.0 Å². The Balaban J connectivity index is 1.65. The molecule has 0 saturated carbocycles. The summed E-state index contributed by atoms with van der Waals surface area (Å²) >= 11 is 0. The molecular weight excluding hydrogens is 466 g/mol. The molecule has 3 rings (SSSR count). The molecule has 0 bridgehead atoms. The maximum Gasteiger partial charge on any atom is 0.433 e. The first kappa shape index (κ1) is 24.7. The van der Waals surface area contributed by atoms with Crippen LogP contribution >= 0.6 is 0 Å². The zero-order chi connectivity index (χ0) is 24.2. The lowest BCUT2D eigenvalue weighted by Crippen LogP contribution is -2.30. The molecule has 13 heteroatoms. The van der Waals surface area contributed by atoms with Crippen molar-refractivity contribution < 1.29 is 30.8 Å². The fraction of sp³-hybridized carbons (Fsp3) is 0.400. The lowest BCUT2D eigenvalue weighted by molar-refractivity contribution is -0.141. The second-order valence-corrected chi connectivity index (χ2v) is 9.41. The SMILES string of the molecule is CS(=O)(=O)NCc1ccc(NC(=O)NCc2ccc(C(F)(F)F)nc2N2CCCC2)cc1F. The number of pyridine rings is 1. The molecule has 0 spiro atoms. The van der Waals surface area contributed by atoms with Crippen LogP contribution in [0.15, 0.2) is 30.3 Å². The lowest BCUT2D eigenvalue weighted by Gasteiger charge is -2.22. The Labute approximate surface area is 188 Å². The van der Waals surface area contributed by atoms with Crippen LogP contribution in [-0.2, 0) is 29.3 Å². The zero-order valence-electron chi connectivity index (χ0n) is 17.7. The predicted octanol–water partition coefficient (Wildman–Crippen LogP) is 3.21. The summed E-state index contributed by atoms with van der Waals surface area (Å²) < 4.78 is 77.9. The third-order valence-electron chi connectivity index (χ3n) is 4.93. The van der Waals surface area contributed by atoms with Gasteiger partial charge in [-0.3, -0.25) is 0 Å². The second-order valence-electron chi connectivity index (χ2n) is 7.58. The van der Waals surface area contributed by atoms with Crippen molar-refractivity contribution in [1.29, 1.82) is 0 Å². The van der Waals surface area contributed by atoms with E-state index in [0.29, 0.717) is 18.7 Å². The smallest absolute Gasteiger partial charge is 0.356 e. The first-order valence-corrected chi connectivity index (χ1v) is 11.9. The standard InChI is InChI=1S/C20H23F4N5O3S/c1-33(31,32)26-12-13-4-6-15(10-16(13)21)27-19(30)25-11-14-5-7-17(20(22,23)24)28-18(14)29-8-2-3-9-29/h4-7,10,26H,2-3,8-9,11-12H2,1H3,(H2,25,27,30). The molecule has 2 aromatic rings. The Morgan fingerprint density at radius 3 is 2.36 bits per heavy atom. The quantitative estimate of drug-likeness (QED) is 0.519. The van der Waals surface area contributed by atoms with Crippen molar-refractivity contribution in [2.75, 3.05) is 29.6 Å². The molecule has 0 aliphatic carbocycles. The van der Waals surface area contributed by atoms with Crippen molar-refractivity contribution in [3.8, 4) is 0 Å². The van der Waals surface area contributed by atoms with E-state index in [0.717, 1.165) is 31.2 Å². The number of nitrogens with zero attached hydrogens (tertiary/aromatic N) is 2. The second kappa shape index (κ2) is 9.91. The number of anilines is 2. The Morgan fingerprint density at radius 1 is 1.09 bits per heavy atom. The van der Waals surface area contributed by atoms with E-state index in [-0.39, 0.29) is 30.2 Å². The van der Waals surface area contributed by atoms with E-state index < -0.39 is 33.7 Å². The Morgan fingerprint density at radius 2 is 1.76 bits per heavy atom. The molecule has 0 atom stereocenters. The number of aromatic nitrogens is 1. The van der Waals surface area contributed by atoms with Gasteiger partial charge in [-0.1, -0.05) is 12.1 Å². The van der Waals surface area contributed by atoms with Crippen LogP contribution in [0.5, 0.6) is 0 Å². The first-order chi connectivity index (χ1) is 15.4. The van der Waals surface area contributed by atoms with Crippen LogP contribution in [0.3, 0.4) is 0 Å². The van der Waals surface area contributed by atoms with Crippen molar-refractivity contribution in [3.63, 3.8) is 0 Å². The number of urea groups is 1. The molecule has 33 heavy (non-hydrogen) atoms. The summed E-state index contributed by atoms with van der Waals surface area (Å²) in [5, 5.41) is 4.97. The fourth-order valence-electron chi connectivity index (χ4n) is 3.30. The monoisotopic (exact) mass is 489 g/mol. The van der Waals surface area contributed by atoms with E-state index in [1.165, 1.54) is 18.2 Å². The number of carbonyl (C=O) groups excluding carboxylic acids is 1. The molecule has 0 unspecified atom stereocenters. The maximum atomic E-state index is 14.2. The number of rotatable bonds is 7. The number of hydrogen-bond donors (Lipinski definition) is 3. The average molecular weight is 489 g/mol. The minimum atomic E-state index is -4.58. The molecule has 8 nitrogen and oxygen atoms in total. The molecule has 1 aliphatic rings. The number of nitrogens with one attached hydrogen (secondary N) is 3. The van der Waals surface area contributed by atoms with Gasteiger partial charge in [-0.15, -0.1) is 0 Å². The van der Waals surface area contributed by atoms with Crippen molar-refractivity contribution >= 4 is 27.6 Å². The predicted molar refractivity (Wildman–Crippen MR) is 115 cm³/mol. The number of halogens is 4. The van der Waals surface area contributed by atoms with Crippen LogP contribution in [0.4, 0.5) is 33.9 Å². The van der Waals surface area contributed by atoms with Crippen LogP contribution in [0, 0.1) is 5.82 Å². The van der Waals surface area contributed by atoms with Gasteiger partial charge in [0.05, 0.1) is 6.26 Å². The third-order valence-corrected chi connectivity index (χ3v) is 5.60. The molecule has 2 amide bonds. The normalized spacial score (nSPS) is 14.4. The number of amides is 2. The topological polar surface area (TPSA) is 103 Å². The molecule has 1 aliphatic heterocycles. The highest BCUT2D eigenvalue weighted by Crippen LogP contribution is 2.31. The molecular formula is C20H23F4N5O3S. The number of hydrogen-bond acceptors (Lipinski definition) is 5. The highest BCUT2D eigenvalue weighted by Gasteiger charge is 2.34. The summed E-state index contributed by atoms with van der Waals surface area (Å²) in [6, 6.07) is 5.23. The van der Waals surface area contributed by atoms with E-state index in [4.69, 9.17) is 0 Å². The van der Waals surface area contributed by atoms with E-state index in [1.807, 2.05) is 0 Å². The van der Waals surface area contributed by atoms with Crippen LogP contribution in [0.25, 0.3) is 0 Å². The molecule has 0 radical (unpaired) electrons.